The highest BCUT2D eigenvalue weighted by molar-refractivity contribution is 5.37. The molecule has 0 bridgehead atoms. The molecule has 1 atom stereocenters. The van der Waals surface area contributed by atoms with Crippen LogP contribution >= 0.6 is 0 Å². The van der Waals surface area contributed by atoms with E-state index in [2.05, 4.69) is 15.6 Å². The minimum Gasteiger partial charge on any atom is -0.496 e. The number of aromatic nitrogens is 2. The lowest BCUT2D eigenvalue weighted by Crippen LogP contribution is -2.23. The summed E-state index contributed by atoms with van der Waals surface area (Å²) >= 11 is 0. The lowest BCUT2D eigenvalue weighted by atomic mass is 9.99. The average Bonchev–Trinajstić information content (AvgIpc) is 2.93. The number of rotatable bonds is 4. The summed E-state index contributed by atoms with van der Waals surface area (Å²) in [6.07, 6.45) is 6.61. The number of benzene rings is 1. The Kier molecular flexibility index (Phi) is 3.74. The van der Waals surface area contributed by atoms with Gasteiger partial charge in [-0.05, 0) is 31.7 Å². The molecule has 0 fully saturated rings. The molecule has 2 aromatic rings. The monoisotopic (exact) mass is 271 g/mol. The third kappa shape index (κ3) is 2.20. The van der Waals surface area contributed by atoms with Crippen molar-refractivity contribution in [3.05, 3.63) is 47.5 Å². The minimum atomic E-state index is 0.0977. The van der Waals surface area contributed by atoms with Gasteiger partial charge in [-0.15, -0.1) is 0 Å². The Morgan fingerprint density at radius 1 is 1.30 bits per heavy atom. The Labute approximate surface area is 119 Å². The van der Waals surface area contributed by atoms with E-state index >= 15 is 0 Å². The van der Waals surface area contributed by atoms with Crippen molar-refractivity contribution < 1.29 is 4.74 Å². The lowest BCUT2D eigenvalue weighted by molar-refractivity contribution is 0.400. The number of aryl methyl sites for hydroxylation is 1. The van der Waals surface area contributed by atoms with Gasteiger partial charge in [-0.1, -0.05) is 18.2 Å². The van der Waals surface area contributed by atoms with Crippen LogP contribution in [0.3, 0.4) is 0 Å². The molecule has 1 unspecified atom stereocenters. The van der Waals surface area contributed by atoms with Crippen molar-refractivity contribution in [2.75, 3.05) is 13.7 Å². The molecule has 0 aliphatic heterocycles. The van der Waals surface area contributed by atoms with E-state index in [1.165, 1.54) is 24.2 Å². The number of methoxy groups -OCH3 is 1. The Morgan fingerprint density at radius 2 is 2.10 bits per heavy atom. The summed E-state index contributed by atoms with van der Waals surface area (Å²) in [6, 6.07) is 8.19. The molecule has 20 heavy (non-hydrogen) atoms. The van der Waals surface area contributed by atoms with Crippen LogP contribution in [0.5, 0.6) is 5.75 Å². The van der Waals surface area contributed by atoms with Gasteiger partial charge in [-0.2, -0.15) is 0 Å². The Hall–Kier alpha value is -1.81. The maximum Gasteiger partial charge on any atom is 0.124 e. The molecule has 106 valence electrons. The lowest BCUT2D eigenvalue weighted by Gasteiger charge is -2.23. The third-order valence-corrected chi connectivity index (χ3v) is 4.12. The molecule has 3 rings (SSSR count). The highest BCUT2D eigenvalue weighted by atomic mass is 16.5. The van der Waals surface area contributed by atoms with Crippen LogP contribution in [-0.4, -0.2) is 23.2 Å². The summed E-state index contributed by atoms with van der Waals surface area (Å²) in [7, 11) is 1.70. The average molecular weight is 271 g/mol. The van der Waals surface area contributed by atoms with Crippen molar-refractivity contribution in [2.24, 2.45) is 5.73 Å². The molecule has 1 aromatic heterocycles. The molecule has 2 N–H and O–H groups in total. The van der Waals surface area contributed by atoms with Gasteiger partial charge in [0.2, 0.25) is 0 Å². The second-order valence-electron chi connectivity index (χ2n) is 5.25. The van der Waals surface area contributed by atoms with E-state index < -0.39 is 0 Å². The normalized spacial score (nSPS) is 15.7. The van der Waals surface area contributed by atoms with Crippen LogP contribution < -0.4 is 10.5 Å². The van der Waals surface area contributed by atoms with Crippen LogP contribution in [0.15, 0.2) is 30.6 Å². The molecule has 1 aromatic carbocycles. The molecule has 0 spiro atoms. The summed E-state index contributed by atoms with van der Waals surface area (Å²) in [5, 5.41) is 0. The number of nitrogens with zero attached hydrogens (tertiary/aromatic N) is 2. The smallest absolute Gasteiger partial charge is 0.124 e. The van der Waals surface area contributed by atoms with Gasteiger partial charge < -0.3 is 15.0 Å². The molecular weight excluding hydrogens is 250 g/mol. The molecule has 0 saturated carbocycles. The first-order valence-corrected chi connectivity index (χ1v) is 7.22. The molecule has 1 aliphatic rings. The van der Waals surface area contributed by atoms with Crippen molar-refractivity contribution in [1.29, 1.82) is 0 Å². The van der Waals surface area contributed by atoms with E-state index in [4.69, 9.17) is 10.5 Å². The number of para-hydroxylation sites is 1. The largest absolute Gasteiger partial charge is 0.496 e. The molecule has 1 heterocycles. The van der Waals surface area contributed by atoms with Crippen LogP contribution in [0.25, 0.3) is 0 Å². The number of ether oxygens (including phenoxy) is 1. The van der Waals surface area contributed by atoms with E-state index in [9.17, 15) is 0 Å². The number of fused-ring (bicyclic) bond motifs is 1. The molecular formula is C16H21N3O. The fourth-order valence-corrected chi connectivity index (χ4v) is 3.09. The number of nitrogens with two attached hydrogens (primary N) is 1. The molecule has 0 radical (unpaired) electrons. The summed E-state index contributed by atoms with van der Waals surface area (Å²) in [5.41, 5.74) is 9.76. The highest BCUT2D eigenvalue weighted by Crippen LogP contribution is 2.30. The number of imidazole rings is 1. The zero-order valence-electron chi connectivity index (χ0n) is 11.9. The summed E-state index contributed by atoms with van der Waals surface area (Å²) in [5.74, 6) is 0.890. The molecule has 4 heteroatoms. The van der Waals surface area contributed by atoms with Crippen molar-refractivity contribution >= 4 is 0 Å². The van der Waals surface area contributed by atoms with E-state index in [1.54, 1.807) is 7.11 Å². The zero-order chi connectivity index (χ0) is 13.9. The fraction of sp³-hybridized carbons (Fsp3) is 0.438. The first kappa shape index (κ1) is 13.2. The highest BCUT2D eigenvalue weighted by Gasteiger charge is 2.22. The van der Waals surface area contributed by atoms with E-state index in [0.29, 0.717) is 6.54 Å². The molecule has 0 amide bonds. The van der Waals surface area contributed by atoms with Crippen LogP contribution in [0.1, 0.15) is 35.8 Å². The summed E-state index contributed by atoms with van der Waals surface area (Å²) in [4.78, 5) is 4.57. The van der Waals surface area contributed by atoms with Gasteiger partial charge in [0.15, 0.2) is 0 Å². The fourth-order valence-electron chi connectivity index (χ4n) is 3.09. The van der Waals surface area contributed by atoms with Gasteiger partial charge in [-0.25, -0.2) is 4.98 Å². The molecule has 4 nitrogen and oxygen atoms in total. The maximum absolute atomic E-state index is 6.05. The van der Waals surface area contributed by atoms with Crippen LogP contribution in [0.2, 0.25) is 0 Å². The van der Waals surface area contributed by atoms with Crippen molar-refractivity contribution in [3.63, 3.8) is 0 Å². The van der Waals surface area contributed by atoms with Crippen molar-refractivity contribution in [2.45, 2.75) is 31.7 Å². The Bertz CT molecular complexity index is 591. The van der Waals surface area contributed by atoms with Crippen LogP contribution in [0, 0.1) is 0 Å². The van der Waals surface area contributed by atoms with Gasteiger partial charge in [0.05, 0.1) is 25.2 Å². The van der Waals surface area contributed by atoms with Gasteiger partial charge >= 0.3 is 0 Å². The predicted molar refractivity (Wildman–Crippen MR) is 79.1 cm³/mol. The quantitative estimate of drug-likeness (QED) is 0.928. The van der Waals surface area contributed by atoms with E-state index in [0.717, 1.165) is 24.2 Å². The Balaban J connectivity index is 2.04. The predicted octanol–water partition coefficient (Wildman–Crippen LogP) is 2.32. The SMILES string of the molecule is COc1ccccc1C(CN)n1cnc2c1CCCC2. The van der Waals surface area contributed by atoms with E-state index in [-0.39, 0.29) is 6.04 Å². The van der Waals surface area contributed by atoms with Crippen molar-refractivity contribution in [1.82, 2.24) is 9.55 Å². The standard InChI is InChI=1S/C16H21N3O/c1-20-16-9-5-2-6-12(16)15(10-17)19-11-18-13-7-3-4-8-14(13)19/h2,5-6,9,11,15H,3-4,7-8,10,17H2,1H3. The molecule has 0 saturated heterocycles. The second kappa shape index (κ2) is 5.67. The Morgan fingerprint density at radius 3 is 2.90 bits per heavy atom. The maximum atomic E-state index is 6.05. The van der Waals surface area contributed by atoms with Gasteiger partial charge in [0.25, 0.3) is 0 Å². The molecule has 1 aliphatic carbocycles. The van der Waals surface area contributed by atoms with Gasteiger partial charge in [-0.3, -0.25) is 0 Å². The summed E-state index contributed by atoms with van der Waals surface area (Å²) < 4.78 is 7.72. The third-order valence-electron chi connectivity index (χ3n) is 4.12. The minimum absolute atomic E-state index is 0.0977. The van der Waals surface area contributed by atoms with E-state index in [1.807, 2.05) is 24.5 Å². The number of hydrogen-bond donors (Lipinski definition) is 1. The first-order valence-electron chi connectivity index (χ1n) is 7.22. The first-order chi connectivity index (χ1) is 9.85. The van der Waals surface area contributed by atoms with Gasteiger partial charge in [0.1, 0.15) is 5.75 Å². The van der Waals surface area contributed by atoms with Crippen molar-refractivity contribution in [3.8, 4) is 5.75 Å². The number of hydrogen-bond acceptors (Lipinski definition) is 3. The second-order valence-corrected chi connectivity index (χ2v) is 5.25. The van der Waals surface area contributed by atoms with Crippen LogP contribution in [0.4, 0.5) is 0 Å². The van der Waals surface area contributed by atoms with Crippen LogP contribution in [-0.2, 0) is 12.8 Å². The van der Waals surface area contributed by atoms with Gasteiger partial charge in [0, 0.05) is 17.8 Å². The summed E-state index contributed by atoms with van der Waals surface area (Å²) in [6.45, 7) is 0.545. The topological polar surface area (TPSA) is 53.1 Å². The zero-order valence-corrected chi connectivity index (χ0v) is 11.9.